The number of benzene rings is 4. The van der Waals surface area contributed by atoms with Gasteiger partial charge in [0.25, 0.3) is 0 Å². The smallest absolute Gasteiger partial charge is 0.306 e. The van der Waals surface area contributed by atoms with Crippen molar-refractivity contribution >= 4 is 111 Å². The maximum atomic E-state index is 14.3. The number of rotatable bonds is 18. The van der Waals surface area contributed by atoms with Crippen LogP contribution in [0.25, 0.3) is 90.9 Å². The van der Waals surface area contributed by atoms with Crippen molar-refractivity contribution in [2.24, 2.45) is 21.7 Å². The Morgan fingerprint density at radius 3 is 1.24 bits per heavy atom. The Balaban J connectivity index is 1.28. The molecule has 4 aromatic carbocycles. The molecule has 0 aliphatic carbocycles. The Bertz CT molecular complexity index is 4700. The number of ether oxygens (including phenoxy) is 2. The Morgan fingerprint density at radius 2 is 0.857 bits per heavy atom. The summed E-state index contributed by atoms with van der Waals surface area (Å²) in [7, 11) is 0. The van der Waals surface area contributed by atoms with E-state index in [0.717, 1.165) is 0 Å². The van der Waals surface area contributed by atoms with Crippen LogP contribution >= 0.6 is 0 Å². The number of nitrogens with zero attached hydrogens (tertiary/aromatic N) is 3. The zero-order chi connectivity index (χ0) is 70.6. The SMILES string of the molecule is CC(=O)O[C@](C)(Cc1cnc[nH]1)NC(=O)CCCC(=O)OCc1cc2[nH]c1c(-c1ccccc1NC(=O)C(C)(C)C)c1nc(c(-c3ccccc3NC(=O)C(C)(C)C)c3ccc([nH]3)c(-c3ccccc3NC(=O)C(C)(C)C)c3nc(c2-c2ccccc2NC(=O)C(C)(C)C)C=C3)C=C1. The molecule has 10 rings (SSSR count). The Labute approximate surface area is 570 Å². The predicted molar refractivity (Wildman–Crippen MR) is 387 cm³/mol. The Morgan fingerprint density at radius 1 is 0.469 bits per heavy atom. The number of hydrogen-bond acceptors (Lipinski definition) is 12. The summed E-state index contributed by atoms with van der Waals surface area (Å²) in [5.41, 5.74) is 7.08. The van der Waals surface area contributed by atoms with Crippen LogP contribution in [-0.2, 0) is 56.1 Å². The van der Waals surface area contributed by atoms with E-state index in [1.54, 1.807) is 13.1 Å². The van der Waals surface area contributed by atoms with Crippen LogP contribution in [0.1, 0.15) is 150 Å². The molecule has 1 atom stereocenters. The van der Waals surface area contributed by atoms with Gasteiger partial charge in [-0.2, -0.15) is 0 Å². The summed E-state index contributed by atoms with van der Waals surface area (Å²) in [6, 6.07) is 35.7. The third kappa shape index (κ3) is 16.1. The van der Waals surface area contributed by atoms with Gasteiger partial charge in [-0.15, -0.1) is 0 Å². The van der Waals surface area contributed by atoms with Crippen LogP contribution in [0.15, 0.2) is 128 Å². The van der Waals surface area contributed by atoms with Gasteiger partial charge in [0, 0.05) is 149 Å². The van der Waals surface area contributed by atoms with Crippen LogP contribution in [0.3, 0.4) is 0 Å². The fourth-order valence-electron chi connectivity index (χ4n) is 11.2. The standard InChI is InChI=1S/C78H85N11O9/c1-45(90)98-78(14,41-47-42-79-44-80-47)89-63(91)32-23-33-64(92)97-43-46-40-62-67(50-26-17-21-30-54(50)87-72(95)76(8,9)10)60-37-36-58(82-60)65(48-24-15-19-28-52(48)85-70(93)74(2,3)4)56-34-35-57(81-56)66(49-25-16-20-29-53(49)86-71(94)75(5,6)7)59-38-39-61(83-59)68(69(46)84-62)51-27-18-22-31-55(51)88-73(96)77(11,12)13/h15-22,24-31,34-40,42,44,81,84H,23,32-33,41,43H2,1-14H3,(H,79,80)(H,85,93)(H,86,94)(H,87,95)(H,88,96)(H,89,91)/t78-/m1/s1. The van der Waals surface area contributed by atoms with Crippen molar-refractivity contribution in [2.75, 3.05) is 21.3 Å². The molecule has 0 unspecified atom stereocenters. The molecule has 8 N–H and O–H groups in total. The van der Waals surface area contributed by atoms with E-state index in [1.807, 2.05) is 223 Å². The second-order valence-electron chi connectivity index (χ2n) is 28.9. The molecule has 20 nitrogen and oxygen atoms in total. The number of hydrogen-bond donors (Lipinski definition) is 8. The third-order valence-corrected chi connectivity index (χ3v) is 16.5. The molecule has 5 amide bonds. The van der Waals surface area contributed by atoms with E-state index in [4.69, 9.17) is 19.4 Å². The van der Waals surface area contributed by atoms with Crippen LogP contribution in [0.4, 0.5) is 22.7 Å². The fourth-order valence-corrected chi connectivity index (χ4v) is 11.2. The lowest BCUT2D eigenvalue weighted by Gasteiger charge is -2.29. The molecule has 8 aromatic rings. The van der Waals surface area contributed by atoms with Crippen molar-refractivity contribution in [3.8, 4) is 44.5 Å². The predicted octanol–water partition coefficient (Wildman–Crippen LogP) is 15.8. The molecule has 0 spiro atoms. The lowest BCUT2D eigenvalue weighted by Crippen LogP contribution is -2.50. The van der Waals surface area contributed by atoms with E-state index >= 15 is 0 Å². The van der Waals surface area contributed by atoms with Crippen LogP contribution < -0.4 is 26.6 Å². The normalized spacial score (nSPS) is 12.9. The number of H-pyrrole nitrogens is 3. The first-order valence-corrected chi connectivity index (χ1v) is 32.7. The maximum absolute atomic E-state index is 14.3. The summed E-state index contributed by atoms with van der Waals surface area (Å²) in [6.45, 7) is 24.6. The second kappa shape index (κ2) is 28.0. The highest BCUT2D eigenvalue weighted by molar-refractivity contribution is 6.09. The quantitative estimate of drug-likeness (QED) is 0.0294. The van der Waals surface area contributed by atoms with Gasteiger partial charge in [-0.3, -0.25) is 33.6 Å². The summed E-state index contributed by atoms with van der Waals surface area (Å²) in [5.74, 6) is -2.61. The molecule has 6 heterocycles. The van der Waals surface area contributed by atoms with Crippen molar-refractivity contribution in [3.63, 3.8) is 0 Å². The van der Waals surface area contributed by atoms with Gasteiger partial charge in [-0.1, -0.05) is 156 Å². The number of fused-ring (bicyclic) bond motifs is 8. The zero-order valence-electron chi connectivity index (χ0n) is 58.0. The average molecular weight is 1320 g/mol. The third-order valence-electron chi connectivity index (χ3n) is 16.5. The van der Waals surface area contributed by atoms with E-state index in [9.17, 15) is 33.6 Å². The highest BCUT2D eigenvalue weighted by atomic mass is 16.6. The lowest BCUT2D eigenvalue weighted by molar-refractivity contribution is -0.161. The number of aromatic amines is 3. The van der Waals surface area contributed by atoms with Gasteiger partial charge in [0.1, 0.15) is 6.61 Å². The van der Waals surface area contributed by atoms with Crippen molar-refractivity contribution in [1.29, 1.82) is 0 Å². The summed E-state index contributed by atoms with van der Waals surface area (Å²) in [6.07, 6.45) is 10.5. The highest BCUT2D eigenvalue weighted by Gasteiger charge is 2.33. The molecule has 8 bridgehead atoms. The largest absolute Gasteiger partial charge is 0.461 e. The van der Waals surface area contributed by atoms with E-state index in [-0.39, 0.29) is 55.9 Å². The first-order chi connectivity index (χ1) is 46.2. The molecule has 2 aliphatic rings. The van der Waals surface area contributed by atoms with Crippen molar-refractivity contribution in [1.82, 2.24) is 35.2 Å². The molecular weight excluding hydrogens is 1230 g/mol. The zero-order valence-corrected chi connectivity index (χ0v) is 58.0. The minimum absolute atomic E-state index is 0.0744. The van der Waals surface area contributed by atoms with Crippen LogP contribution in [-0.4, -0.2) is 77.1 Å². The summed E-state index contributed by atoms with van der Waals surface area (Å²) < 4.78 is 11.9. The van der Waals surface area contributed by atoms with E-state index in [2.05, 4.69) is 46.5 Å². The molecule has 506 valence electrons. The van der Waals surface area contributed by atoms with E-state index in [0.29, 0.717) is 123 Å². The number of amides is 5. The van der Waals surface area contributed by atoms with Crippen LogP contribution in [0.2, 0.25) is 0 Å². The van der Waals surface area contributed by atoms with Crippen molar-refractivity contribution in [3.05, 3.63) is 162 Å². The van der Waals surface area contributed by atoms with Gasteiger partial charge >= 0.3 is 11.9 Å². The average Bonchev–Trinajstić information content (AvgIpc) is 1.56. The number of carbonyl (C=O) groups is 7. The number of imidazole rings is 1. The number of para-hydroxylation sites is 4. The van der Waals surface area contributed by atoms with Gasteiger partial charge in [-0.05, 0) is 80.1 Å². The summed E-state index contributed by atoms with van der Waals surface area (Å²) in [5, 5.41) is 15.7. The van der Waals surface area contributed by atoms with E-state index < -0.39 is 45.2 Å². The van der Waals surface area contributed by atoms with Crippen molar-refractivity contribution in [2.45, 2.75) is 135 Å². The van der Waals surface area contributed by atoms with Gasteiger partial charge < -0.3 is 51.0 Å². The van der Waals surface area contributed by atoms with Gasteiger partial charge in [0.15, 0.2) is 5.72 Å². The van der Waals surface area contributed by atoms with Crippen LogP contribution in [0.5, 0.6) is 0 Å². The number of esters is 2. The number of anilines is 4. The second-order valence-corrected chi connectivity index (χ2v) is 28.9. The van der Waals surface area contributed by atoms with E-state index in [1.165, 1.54) is 13.3 Å². The summed E-state index contributed by atoms with van der Waals surface area (Å²) >= 11 is 0. The first kappa shape index (κ1) is 69.8. The van der Waals surface area contributed by atoms with Gasteiger partial charge in [-0.25, -0.2) is 15.0 Å². The number of aromatic nitrogens is 6. The Kier molecular flexibility index (Phi) is 19.9. The first-order valence-electron chi connectivity index (χ1n) is 32.7. The molecule has 0 saturated heterocycles. The molecule has 20 heteroatoms. The molecule has 0 radical (unpaired) electrons. The number of nitrogens with one attached hydrogen (secondary N) is 8. The van der Waals surface area contributed by atoms with Crippen molar-refractivity contribution < 1.29 is 43.0 Å². The minimum atomic E-state index is -1.42. The molecule has 98 heavy (non-hydrogen) atoms. The fraction of sp³-hybridized carbons (Fsp3) is 0.308. The van der Waals surface area contributed by atoms with Crippen LogP contribution in [0, 0.1) is 21.7 Å². The molecule has 4 aromatic heterocycles. The molecule has 0 fully saturated rings. The van der Waals surface area contributed by atoms with Gasteiger partial charge in [0.05, 0.1) is 34.6 Å². The highest BCUT2D eigenvalue weighted by Crippen LogP contribution is 2.45. The van der Waals surface area contributed by atoms with Gasteiger partial charge in [0.2, 0.25) is 29.5 Å². The molecule has 2 aliphatic heterocycles. The molecular formula is C78H85N11O9. The Hall–Kier alpha value is -11.0. The molecule has 0 saturated carbocycles. The monoisotopic (exact) mass is 1320 g/mol. The lowest BCUT2D eigenvalue weighted by atomic mass is 9.94. The number of carbonyl (C=O) groups excluding carboxylic acids is 7. The maximum Gasteiger partial charge on any atom is 0.306 e. The topological polar surface area (TPSA) is 284 Å². The summed E-state index contributed by atoms with van der Waals surface area (Å²) in [4.78, 5) is 122. The minimum Gasteiger partial charge on any atom is -0.461 e.